The maximum atomic E-state index is 11.1. The Bertz CT molecular complexity index is 921. The van der Waals surface area contributed by atoms with Gasteiger partial charge in [0.2, 0.25) is 0 Å². The zero-order valence-electron chi connectivity index (χ0n) is 16.6. The molecular weight excluding hydrogens is 350 g/mol. The number of carboxylic acids is 1. The summed E-state index contributed by atoms with van der Waals surface area (Å²) in [5, 5.41) is 9.09. The van der Waals surface area contributed by atoms with E-state index in [-0.39, 0.29) is 12.5 Å². The highest BCUT2D eigenvalue weighted by atomic mass is 16.5. The van der Waals surface area contributed by atoms with Crippen LogP contribution < -0.4 is 4.74 Å². The Labute approximate surface area is 166 Å². The van der Waals surface area contributed by atoms with Gasteiger partial charge in [-0.1, -0.05) is 47.5 Å². The van der Waals surface area contributed by atoms with E-state index < -0.39 is 5.97 Å². The number of aliphatic carboxylic acids is 1. The van der Waals surface area contributed by atoms with Crippen LogP contribution in [0.4, 0.5) is 0 Å². The Morgan fingerprint density at radius 1 is 1.14 bits per heavy atom. The predicted octanol–water partition coefficient (Wildman–Crippen LogP) is 4.65. The molecule has 1 unspecified atom stereocenters. The maximum absolute atomic E-state index is 11.1. The molecule has 1 fully saturated rings. The summed E-state index contributed by atoms with van der Waals surface area (Å²) in [5.41, 5.74) is 7.69. The Kier molecular flexibility index (Phi) is 5.23. The lowest BCUT2D eigenvalue weighted by molar-refractivity contribution is -0.138. The lowest BCUT2D eigenvalue weighted by Gasteiger charge is -2.34. The molecule has 0 aromatic heterocycles. The van der Waals surface area contributed by atoms with Crippen LogP contribution in [-0.4, -0.2) is 35.1 Å². The van der Waals surface area contributed by atoms with E-state index in [1.807, 2.05) is 13.0 Å². The molecular formula is C24H27NO3. The molecule has 0 saturated carbocycles. The second-order valence-corrected chi connectivity index (χ2v) is 7.91. The number of carboxylic acid groups (broad SMARTS) is 1. The molecule has 0 spiro atoms. The summed E-state index contributed by atoms with van der Waals surface area (Å²) >= 11 is 0. The van der Waals surface area contributed by atoms with E-state index in [2.05, 4.69) is 48.2 Å². The molecule has 1 N–H and O–H groups in total. The van der Waals surface area contributed by atoms with Gasteiger partial charge in [-0.25, -0.2) is 0 Å². The van der Waals surface area contributed by atoms with E-state index in [1.165, 1.54) is 33.4 Å². The van der Waals surface area contributed by atoms with Crippen molar-refractivity contribution in [2.75, 3.05) is 13.1 Å². The largest absolute Gasteiger partial charge is 0.488 e. The lowest BCUT2D eigenvalue weighted by Crippen LogP contribution is -2.39. The number of nitrogens with zero attached hydrogens (tertiary/aromatic N) is 1. The normalized spacial score (nSPS) is 17.9. The highest BCUT2D eigenvalue weighted by Crippen LogP contribution is 2.41. The van der Waals surface area contributed by atoms with Gasteiger partial charge in [-0.2, -0.15) is 0 Å². The van der Waals surface area contributed by atoms with Crippen molar-refractivity contribution in [2.45, 2.75) is 45.8 Å². The molecule has 4 heteroatoms. The number of likely N-dealkylation sites (tertiary alicyclic amines) is 1. The lowest BCUT2D eigenvalue weighted by atomic mass is 9.86. The van der Waals surface area contributed by atoms with E-state index in [0.29, 0.717) is 6.61 Å². The number of para-hydroxylation sites is 1. The average molecular weight is 377 g/mol. The molecule has 1 saturated heterocycles. The van der Waals surface area contributed by atoms with Gasteiger partial charge in [0, 0.05) is 24.7 Å². The second kappa shape index (κ2) is 7.80. The third-order valence-electron chi connectivity index (χ3n) is 5.92. The molecule has 2 aromatic rings. The first-order valence-corrected chi connectivity index (χ1v) is 10.0. The summed E-state index contributed by atoms with van der Waals surface area (Å²) in [6, 6.07) is 15.0. The van der Waals surface area contributed by atoms with Gasteiger partial charge in [0.25, 0.3) is 0 Å². The van der Waals surface area contributed by atoms with Crippen LogP contribution in [0.25, 0.3) is 5.57 Å². The number of hydrogen-bond donors (Lipinski definition) is 1. The Morgan fingerprint density at radius 2 is 1.89 bits per heavy atom. The molecule has 4 nitrogen and oxygen atoms in total. The molecule has 28 heavy (non-hydrogen) atoms. The van der Waals surface area contributed by atoms with E-state index in [1.54, 1.807) is 0 Å². The summed E-state index contributed by atoms with van der Waals surface area (Å²) in [6.07, 6.45) is 2.12. The molecule has 0 radical (unpaired) electrons. The van der Waals surface area contributed by atoms with Crippen LogP contribution in [0.3, 0.4) is 0 Å². The fourth-order valence-corrected chi connectivity index (χ4v) is 4.43. The first-order chi connectivity index (χ1) is 13.5. The van der Waals surface area contributed by atoms with Gasteiger partial charge in [0.1, 0.15) is 12.4 Å². The summed E-state index contributed by atoms with van der Waals surface area (Å²) in [4.78, 5) is 13.4. The zero-order chi connectivity index (χ0) is 19.7. The molecule has 2 aromatic carbocycles. The van der Waals surface area contributed by atoms with Gasteiger partial charge in [-0.3, -0.25) is 9.69 Å². The van der Waals surface area contributed by atoms with Crippen LogP contribution in [0.1, 0.15) is 48.4 Å². The molecule has 2 aliphatic rings. The van der Waals surface area contributed by atoms with Crippen molar-refractivity contribution in [1.29, 1.82) is 0 Å². The zero-order valence-corrected chi connectivity index (χ0v) is 16.6. The monoisotopic (exact) mass is 377 g/mol. The Balaban J connectivity index is 1.72. The van der Waals surface area contributed by atoms with Crippen molar-refractivity contribution in [3.8, 4) is 5.75 Å². The third-order valence-corrected chi connectivity index (χ3v) is 5.92. The summed E-state index contributed by atoms with van der Waals surface area (Å²) in [6.45, 7) is 6.52. The Hall–Kier alpha value is -2.59. The molecule has 4 rings (SSSR count). The molecule has 0 amide bonds. The third kappa shape index (κ3) is 3.69. The molecule has 146 valence electrons. The first kappa shape index (κ1) is 18.8. The van der Waals surface area contributed by atoms with Crippen molar-refractivity contribution in [1.82, 2.24) is 4.90 Å². The topological polar surface area (TPSA) is 49.8 Å². The number of hydrogen-bond acceptors (Lipinski definition) is 3. The van der Waals surface area contributed by atoms with Crippen LogP contribution in [0.15, 0.2) is 48.0 Å². The SMILES string of the molecule is Cc1ccc2c(c1)COc1ccccc1C2=C1CCN(C(C)CC(=O)O)CC1. The van der Waals surface area contributed by atoms with Crippen molar-refractivity contribution in [3.05, 3.63) is 70.3 Å². The van der Waals surface area contributed by atoms with Gasteiger partial charge < -0.3 is 9.84 Å². The van der Waals surface area contributed by atoms with Gasteiger partial charge in [-0.15, -0.1) is 0 Å². The standard InChI is InChI=1S/C24H27NO3/c1-16-7-8-20-19(13-16)15-28-22-6-4-3-5-21(22)24(20)18-9-11-25(12-10-18)17(2)14-23(26)27/h3-8,13,17H,9-12,14-15H2,1-2H3,(H,26,27). The van der Waals surface area contributed by atoms with E-state index in [9.17, 15) is 4.79 Å². The van der Waals surface area contributed by atoms with Gasteiger partial charge >= 0.3 is 5.97 Å². The summed E-state index contributed by atoms with van der Waals surface area (Å²) in [7, 11) is 0. The number of rotatable bonds is 3. The summed E-state index contributed by atoms with van der Waals surface area (Å²) < 4.78 is 6.14. The fraction of sp³-hybridized carbons (Fsp3) is 0.375. The van der Waals surface area contributed by atoms with Crippen LogP contribution in [0.5, 0.6) is 5.75 Å². The van der Waals surface area contributed by atoms with E-state index >= 15 is 0 Å². The minimum absolute atomic E-state index is 0.0729. The minimum Gasteiger partial charge on any atom is -0.488 e. The second-order valence-electron chi connectivity index (χ2n) is 7.91. The van der Waals surface area contributed by atoms with Gasteiger partial charge in [0.05, 0.1) is 6.42 Å². The number of fused-ring (bicyclic) bond motifs is 2. The summed E-state index contributed by atoms with van der Waals surface area (Å²) in [5.74, 6) is 0.219. The number of carbonyl (C=O) groups is 1. The highest BCUT2D eigenvalue weighted by Gasteiger charge is 2.26. The quantitative estimate of drug-likeness (QED) is 0.846. The number of piperidine rings is 1. The number of benzene rings is 2. The molecule has 2 heterocycles. The predicted molar refractivity (Wildman–Crippen MR) is 110 cm³/mol. The molecule has 1 atom stereocenters. The molecule has 2 aliphatic heterocycles. The van der Waals surface area contributed by atoms with E-state index in [0.717, 1.165) is 31.7 Å². The highest BCUT2D eigenvalue weighted by molar-refractivity contribution is 5.87. The first-order valence-electron chi connectivity index (χ1n) is 10.0. The Morgan fingerprint density at radius 3 is 2.64 bits per heavy atom. The fourth-order valence-electron chi connectivity index (χ4n) is 4.43. The van der Waals surface area contributed by atoms with Crippen molar-refractivity contribution >= 4 is 11.5 Å². The van der Waals surface area contributed by atoms with Crippen LogP contribution in [-0.2, 0) is 11.4 Å². The van der Waals surface area contributed by atoms with Gasteiger partial charge in [-0.05, 0) is 49.5 Å². The van der Waals surface area contributed by atoms with Gasteiger partial charge in [0.15, 0.2) is 0 Å². The number of ether oxygens (including phenoxy) is 1. The van der Waals surface area contributed by atoms with Crippen LogP contribution in [0.2, 0.25) is 0 Å². The van der Waals surface area contributed by atoms with Crippen molar-refractivity contribution < 1.29 is 14.6 Å². The van der Waals surface area contributed by atoms with Crippen LogP contribution >= 0.6 is 0 Å². The molecule has 0 aliphatic carbocycles. The smallest absolute Gasteiger partial charge is 0.304 e. The maximum Gasteiger partial charge on any atom is 0.304 e. The average Bonchev–Trinajstić information content (AvgIpc) is 2.84. The van der Waals surface area contributed by atoms with Crippen molar-refractivity contribution in [3.63, 3.8) is 0 Å². The van der Waals surface area contributed by atoms with Crippen molar-refractivity contribution in [2.24, 2.45) is 0 Å². The minimum atomic E-state index is -0.726. The number of aryl methyl sites for hydroxylation is 1. The molecule has 0 bridgehead atoms. The van der Waals surface area contributed by atoms with Crippen LogP contribution in [0, 0.1) is 6.92 Å². The van der Waals surface area contributed by atoms with E-state index in [4.69, 9.17) is 9.84 Å².